The van der Waals surface area contributed by atoms with Gasteiger partial charge in [0.05, 0.1) is 18.3 Å². The summed E-state index contributed by atoms with van der Waals surface area (Å²) in [6.07, 6.45) is 0.159. The van der Waals surface area contributed by atoms with E-state index in [2.05, 4.69) is 15.1 Å². The number of likely N-dealkylation sites (N-methyl/N-ethyl adjacent to an activating group) is 3. The molecular weight excluding hydrogens is 356 g/mol. The minimum atomic E-state index is -0.721. The molecule has 3 rings (SSSR count). The number of aliphatic hydroxyl groups is 1. The molecular formula is C21H32N4O3. The number of nitrogens with zero attached hydrogens (tertiary/aromatic N) is 3. The van der Waals surface area contributed by atoms with Gasteiger partial charge in [0.25, 0.3) is 5.91 Å². The fourth-order valence-electron chi connectivity index (χ4n) is 3.97. The van der Waals surface area contributed by atoms with Crippen molar-refractivity contribution in [3.05, 3.63) is 46.8 Å². The van der Waals surface area contributed by atoms with E-state index < -0.39 is 6.23 Å². The third kappa shape index (κ3) is 4.16. The van der Waals surface area contributed by atoms with Crippen molar-refractivity contribution < 1.29 is 14.6 Å². The fraction of sp³-hybridized carbons (Fsp3) is 0.571. The monoisotopic (exact) mass is 388 g/mol. The van der Waals surface area contributed by atoms with E-state index >= 15 is 0 Å². The number of amides is 1. The van der Waals surface area contributed by atoms with Crippen LogP contribution in [-0.4, -0.2) is 85.9 Å². The topological polar surface area (TPSA) is 68.3 Å². The van der Waals surface area contributed by atoms with E-state index in [1.807, 2.05) is 50.2 Å². The molecule has 2 unspecified atom stereocenters. The Bertz CT molecular complexity index is 711. The van der Waals surface area contributed by atoms with Gasteiger partial charge in [-0.1, -0.05) is 12.1 Å². The van der Waals surface area contributed by atoms with Gasteiger partial charge in [0, 0.05) is 51.6 Å². The van der Waals surface area contributed by atoms with Crippen molar-refractivity contribution in [2.45, 2.75) is 25.6 Å². The summed E-state index contributed by atoms with van der Waals surface area (Å²) in [7, 11) is 5.79. The van der Waals surface area contributed by atoms with E-state index in [1.165, 1.54) is 0 Å². The van der Waals surface area contributed by atoms with Crippen molar-refractivity contribution in [2.24, 2.45) is 0 Å². The van der Waals surface area contributed by atoms with Gasteiger partial charge in [0.2, 0.25) is 0 Å². The van der Waals surface area contributed by atoms with Crippen molar-refractivity contribution in [1.82, 2.24) is 20.0 Å². The van der Waals surface area contributed by atoms with Crippen LogP contribution < -0.4 is 5.32 Å². The van der Waals surface area contributed by atoms with Gasteiger partial charge >= 0.3 is 0 Å². The molecule has 2 heterocycles. The van der Waals surface area contributed by atoms with Crippen LogP contribution in [0.15, 0.2) is 35.7 Å². The van der Waals surface area contributed by atoms with E-state index in [-0.39, 0.29) is 11.9 Å². The summed E-state index contributed by atoms with van der Waals surface area (Å²) >= 11 is 0. The molecule has 1 amide bonds. The second-order valence-corrected chi connectivity index (χ2v) is 7.55. The average Bonchev–Trinajstić information content (AvgIpc) is 3.00. The molecule has 1 aromatic rings. The van der Waals surface area contributed by atoms with Crippen molar-refractivity contribution in [3.63, 3.8) is 0 Å². The van der Waals surface area contributed by atoms with Gasteiger partial charge in [-0.25, -0.2) is 0 Å². The summed E-state index contributed by atoms with van der Waals surface area (Å²) in [6, 6.07) is 7.98. The molecule has 7 heteroatoms. The highest BCUT2D eigenvalue weighted by Crippen LogP contribution is 2.32. The van der Waals surface area contributed by atoms with E-state index in [4.69, 9.17) is 4.74 Å². The first-order chi connectivity index (χ1) is 13.4. The second kappa shape index (κ2) is 8.94. The normalized spacial score (nSPS) is 22.3. The van der Waals surface area contributed by atoms with Crippen molar-refractivity contribution in [1.29, 1.82) is 0 Å². The van der Waals surface area contributed by atoms with E-state index in [1.54, 1.807) is 7.05 Å². The molecule has 2 aliphatic heterocycles. The summed E-state index contributed by atoms with van der Waals surface area (Å²) in [5.41, 5.74) is 3.75. The molecule has 2 atom stereocenters. The van der Waals surface area contributed by atoms with Gasteiger partial charge in [-0.15, -0.1) is 0 Å². The van der Waals surface area contributed by atoms with Crippen molar-refractivity contribution in [2.75, 3.05) is 54.0 Å². The molecule has 0 bridgehead atoms. The maximum Gasteiger partial charge on any atom is 0.253 e. The number of hydrogen-bond acceptors (Lipinski definition) is 6. The average molecular weight is 389 g/mol. The summed E-state index contributed by atoms with van der Waals surface area (Å²) in [4.78, 5) is 18.9. The molecule has 2 N–H and O–H groups in total. The first-order valence-corrected chi connectivity index (χ1v) is 9.91. The SMILES string of the molecule is CNC(O)C1=C(C)N(C)CC(c2ccc(C(=O)N3CCCOCC3)cc2)N1C. The van der Waals surface area contributed by atoms with Crippen LogP contribution in [0.25, 0.3) is 0 Å². The highest BCUT2D eigenvalue weighted by Gasteiger charge is 2.31. The maximum atomic E-state index is 12.8. The lowest BCUT2D eigenvalue weighted by Crippen LogP contribution is -2.46. The third-order valence-corrected chi connectivity index (χ3v) is 5.82. The van der Waals surface area contributed by atoms with E-state index in [0.717, 1.165) is 43.1 Å². The molecule has 0 spiro atoms. The minimum absolute atomic E-state index is 0.0631. The van der Waals surface area contributed by atoms with Gasteiger partial charge in [-0.2, -0.15) is 0 Å². The molecule has 28 heavy (non-hydrogen) atoms. The molecule has 2 aliphatic rings. The van der Waals surface area contributed by atoms with Crippen LogP contribution >= 0.6 is 0 Å². The fourth-order valence-corrected chi connectivity index (χ4v) is 3.97. The molecule has 0 aliphatic carbocycles. The maximum absolute atomic E-state index is 12.8. The van der Waals surface area contributed by atoms with E-state index in [9.17, 15) is 9.90 Å². The predicted octanol–water partition coefficient (Wildman–Crippen LogP) is 1.24. The number of aliphatic hydroxyl groups excluding tert-OH is 1. The minimum Gasteiger partial charge on any atom is -0.380 e. The Kier molecular flexibility index (Phi) is 6.59. The molecule has 1 aromatic carbocycles. The Balaban J connectivity index is 1.78. The largest absolute Gasteiger partial charge is 0.380 e. The zero-order valence-electron chi connectivity index (χ0n) is 17.3. The van der Waals surface area contributed by atoms with Gasteiger partial charge in [0.1, 0.15) is 6.23 Å². The van der Waals surface area contributed by atoms with Crippen molar-refractivity contribution in [3.8, 4) is 0 Å². The van der Waals surface area contributed by atoms with Crippen LogP contribution in [-0.2, 0) is 4.74 Å². The highest BCUT2D eigenvalue weighted by atomic mass is 16.5. The number of benzene rings is 1. The highest BCUT2D eigenvalue weighted by molar-refractivity contribution is 5.94. The van der Waals surface area contributed by atoms with Crippen LogP contribution in [0.3, 0.4) is 0 Å². The Labute approximate surface area is 167 Å². The van der Waals surface area contributed by atoms with Crippen LogP contribution in [0, 0.1) is 0 Å². The number of carbonyl (C=O) groups excluding carboxylic acids is 1. The predicted molar refractivity (Wildman–Crippen MR) is 109 cm³/mol. The first kappa shape index (κ1) is 20.6. The number of hydrogen-bond donors (Lipinski definition) is 2. The van der Waals surface area contributed by atoms with Gasteiger partial charge in [0.15, 0.2) is 0 Å². The Morgan fingerprint density at radius 3 is 2.61 bits per heavy atom. The quantitative estimate of drug-likeness (QED) is 0.757. The van der Waals surface area contributed by atoms with Crippen LogP contribution in [0.2, 0.25) is 0 Å². The Morgan fingerprint density at radius 2 is 1.93 bits per heavy atom. The lowest BCUT2D eigenvalue weighted by atomic mass is 9.99. The lowest BCUT2D eigenvalue weighted by molar-refractivity contribution is 0.0741. The molecule has 7 nitrogen and oxygen atoms in total. The third-order valence-electron chi connectivity index (χ3n) is 5.82. The first-order valence-electron chi connectivity index (χ1n) is 9.91. The molecule has 0 saturated carbocycles. The standard InChI is InChI=1S/C21H32N4O3/c1-15-19(20(26)22-2)24(4)18(14-23(15)3)16-6-8-17(9-7-16)21(27)25-10-5-12-28-13-11-25/h6-9,18,20,22,26H,5,10-14H2,1-4H3. The lowest BCUT2D eigenvalue weighted by Gasteiger charge is -2.44. The molecule has 154 valence electrons. The number of carbonyl (C=O) groups is 1. The van der Waals surface area contributed by atoms with Gasteiger partial charge in [-0.05, 0) is 38.1 Å². The molecule has 1 saturated heterocycles. The van der Waals surface area contributed by atoms with Gasteiger partial charge in [-0.3, -0.25) is 10.1 Å². The number of allylic oxidation sites excluding steroid dienone is 1. The zero-order valence-corrected chi connectivity index (χ0v) is 17.3. The van der Waals surface area contributed by atoms with E-state index in [0.29, 0.717) is 18.7 Å². The Hall–Kier alpha value is -2.09. The molecule has 1 fully saturated rings. The Morgan fingerprint density at radius 1 is 1.21 bits per heavy atom. The van der Waals surface area contributed by atoms with Gasteiger partial charge < -0.3 is 24.5 Å². The smallest absolute Gasteiger partial charge is 0.253 e. The summed E-state index contributed by atoms with van der Waals surface area (Å²) in [5, 5.41) is 13.3. The molecule has 0 radical (unpaired) electrons. The number of rotatable bonds is 4. The summed E-state index contributed by atoms with van der Waals surface area (Å²) in [6.45, 7) is 5.55. The second-order valence-electron chi connectivity index (χ2n) is 7.55. The van der Waals surface area contributed by atoms with Crippen molar-refractivity contribution >= 4 is 5.91 Å². The zero-order chi connectivity index (χ0) is 20.3. The number of nitrogens with one attached hydrogen (secondary N) is 1. The molecule has 0 aromatic heterocycles. The summed E-state index contributed by atoms with van der Waals surface area (Å²) in [5.74, 6) is 0.0631. The van der Waals surface area contributed by atoms with Crippen LogP contribution in [0.5, 0.6) is 0 Å². The summed E-state index contributed by atoms with van der Waals surface area (Å²) < 4.78 is 5.44. The number of ether oxygens (including phenoxy) is 1. The van der Waals surface area contributed by atoms with Crippen LogP contribution in [0.4, 0.5) is 0 Å². The van der Waals surface area contributed by atoms with Crippen LogP contribution in [0.1, 0.15) is 35.3 Å².